The maximum absolute atomic E-state index is 11.8. The standard InChI is InChI=1S/C11H23N3O/c1-9(7-12)8-13-6-5-10(15)14(13)11(2,3)4/h9H,5-8,12H2,1-4H3. The molecule has 1 aliphatic rings. The number of rotatable bonds is 3. The molecule has 1 atom stereocenters. The normalized spacial score (nSPS) is 21.1. The highest BCUT2D eigenvalue weighted by atomic mass is 16.2. The van der Waals surface area contributed by atoms with Crippen LogP contribution in [0.4, 0.5) is 0 Å². The molecular formula is C11H23N3O. The fourth-order valence-electron chi connectivity index (χ4n) is 1.99. The smallest absolute Gasteiger partial charge is 0.238 e. The van der Waals surface area contributed by atoms with E-state index in [4.69, 9.17) is 5.73 Å². The molecule has 0 aliphatic carbocycles. The fourth-order valence-corrected chi connectivity index (χ4v) is 1.99. The van der Waals surface area contributed by atoms with Crippen molar-refractivity contribution in [3.8, 4) is 0 Å². The Labute approximate surface area is 92.4 Å². The quantitative estimate of drug-likeness (QED) is 0.755. The Kier molecular flexibility index (Phi) is 3.73. The summed E-state index contributed by atoms with van der Waals surface area (Å²) >= 11 is 0. The lowest BCUT2D eigenvalue weighted by molar-refractivity contribution is -0.149. The van der Waals surface area contributed by atoms with Crippen LogP contribution in [-0.4, -0.2) is 41.1 Å². The van der Waals surface area contributed by atoms with E-state index < -0.39 is 0 Å². The van der Waals surface area contributed by atoms with Crippen molar-refractivity contribution in [2.24, 2.45) is 11.7 Å². The van der Waals surface area contributed by atoms with Gasteiger partial charge in [-0.15, -0.1) is 0 Å². The van der Waals surface area contributed by atoms with Gasteiger partial charge in [-0.1, -0.05) is 6.92 Å². The number of carbonyl (C=O) groups excluding carboxylic acids is 1. The van der Waals surface area contributed by atoms with E-state index in [1.54, 1.807) is 0 Å². The average Bonchev–Trinajstić information content (AvgIpc) is 2.46. The zero-order chi connectivity index (χ0) is 11.6. The van der Waals surface area contributed by atoms with Crippen LogP contribution in [0.3, 0.4) is 0 Å². The fraction of sp³-hybridized carbons (Fsp3) is 0.909. The van der Waals surface area contributed by atoms with E-state index in [2.05, 4.69) is 32.7 Å². The topological polar surface area (TPSA) is 49.6 Å². The first-order valence-electron chi connectivity index (χ1n) is 5.64. The summed E-state index contributed by atoms with van der Waals surface area (Å²) in [7, 11) is 0. The zero-order valence-electron chi connectivity index (χ0n) is 10.3. The van der Waals surface area contributed by atoms with Gasteiger partial charge in [-0.05, 0) is 33.2 Å². The molecule has 1 rings (SSSR count). The molecule has 2 N–H and O–H groups in total. The molecule has 0 aromatic carbocycles. The highest BCUT2D eigenvalue weighted by Gasteiger charge is 2.36. The lowest BCUT2D eigenvalue weighted by Gasteiger charge is -2.39. The van der Waals surface area contributed by atoms with Gasteiger partial charge in [-0.25, -0.2) is 5.01 Å². The first kappa shape index (κ1) is 12.5. The summed E-state index contributed by atoms with van der Waals surface area (Å²) < 4.78 is 0. The molecule has 0 radical (unpaired) electrons. The van der Waals surface area contributed by atoms with Crippen LogP contribution in [0, 0.1) is 5.92 Å². The molecule has 1 amide bonds. The second kappa shape index (κ2) is 4.49. The van der Waals surface area contributed by atoms with Gasteiger partial charge in [0.25, 0.3) is 0 Å². The molecule has 1 heterocycles. The van der Waals surface area contributed by atoms with E-state index in [1.807, 2.05) is 5.01 Å². The van der Waals surface area contributed by atoms with Gasteiger partial charge < -0.3 is 5.73 Å². The highest BCUT2D eigenvalue weighted by molar-refractivity contribution is 5.78. The van der Waals surface area contributed by atoms with Crippen LogP contribution in [0.1, 0.15) is 34.1 Å². The van der Waals surface area contributed by atoms with Gasteiger partial charge in [-0.3, -0.25) is 9.80 Å². The van der Waals surface area contributed by atoms with Crippen molar-refractivity contribution in [1.29, 1.82) is 0 Å². The third-order valence-corrected chi connectivity index (χ3v) is 2.66. The molecule has 0 saturated carbocycles. The molecule has 88 valence electrons. The van der Waals surface area contributed by atoms with Crippen LogP contribution in [0.2, 0.25) is 0 Å². The van der Waals surface area contributed by atoms with Crippen LogP contribution in [0.15, 0.2) is 0 Å². The van der Waals surface area contributed by atoms with E-state index in [0.29, 0.717) is 18.9 Å². The number of hydrogen-bond acceptors (Lipinski definition) is 3. The Morgan fingerprint density at radius 1 is 1.47 bits per heavy atom. The third-order valence-electron chi connectivity index (χ3n) is 2.66. The van der Waals surface area contributed by atoms with E-state index in [0.717, 1.165) is 13.1 Å². The zero-order valence-corrected chi connectivity index (χ0v) is 10.3. The van der Waals surface area contributed by atoms with Gasteiger partial charge in [0.1, 0.15) is 0 Å². The molecular weight excluding hydrogens is 190 g/mol. The summed E-state index contributed by atoms with van der Waals surface area (Å²) in [5, 5.41) is 4.03. The van der Waals surface area contributed by atoms with Gasteiger partial charge >= 0.3 is 0 Å². The van der Waals surface area contributed by atoms with E-state index in [1.165, 1.54) is 0 Å². The van der Waals surface area contributed by atoms with Crippen molar-refractivity contribution in [2.45, 2.75) is 39.7 Å². The molecule has 1 saturated heterocycles. The van der Waals surface area contributed by atoms with Crippen molar-refractivity contribution < 1.29 is 4.79 Å². The molecule has 1 aliphatic heterocycles. The SMILES string of the molecule is CC(CN)CN1CCC(=O)N1C(C)(C)C. The largest absolute Gasteiger partial charge is 0.330 e. The molecule has 1 fully saturated rings. The predicted octanol–water partition coefficient (Wildman–Crippen LogP) is 0.829. The lowest BCUT2D eigenvalue weighted by Crippen LogP contribution is -2.52. The molecule has 0 aromatic rings. The number of hydrogen-bond donors (Lipinski definition) is 1. The molecule has 4 heteroatoms. The second-order valence-electron chi connectivity index (χ2n) is 5.38. The Hall–Kier alpha value is -0.610. The van der Waals surface area contributed by atoms with Crippen molar-refractivity contribution in [3.63, 3.8) is 0 Å². The van der Waals surface area contributed by atoms with Crippen molar-refractivity contribution in [3.05, 3.63) is 0 Å². The predicted molar refractivity (Wildman–Crippen MR) is 61.0 cm³/mol. The van der Waals surface area contributed by atoms with Gasteiger partial charge in [0.05, 0.1) is 5.54 Å². The molecule has 1 unspecified atom stereocenters. The minimum absolute atomic E-state index is 0.123. The summed E-state index contributed by atoms with van der Waals surface area (Å²) in [5.41, 5.74) is 5.49. The van der Waals surface area contributed by atoms with Crippen molar-refractivity contribution >= 4 is 5.91 Å². The summed E-state index contributed by atoms with van der Waals surface area (Å²) in [4.78, 5) is 11.8. The van der Waals surface area contributed by atoms with E-state index >= 15 is 0 Å². The van der Waals surface area contributed by atoms with Crippen molar-refractivity contribution in [2.75, 3.05) is 19.6 Å². The van der Waals surface area contributed by atoms with Crippen molar-refractivity contribution in [1.82, 2.24) is 10.0 Å². The minimum atomic E-state index is -0.123. The molecule has 15 heavy (non-hydrogen) atoms. The second-order valence-corrected chi connectivity index (χ2v) is 5.38. The first-order valence-corrected chi connectivity index (χ1v) is 5.64. The number of carbonyl (C=O) groups is 1. The summed E-state index contributed by atoms with van der Waals surface area (Å²) in [6.07, 6.45) is 0.633. The number of nitrogens with two attached hydrogens (primary N) is 1. The maximum atomic E-state index is 11.8. The Bertz CT molecular complexity index is 234. The molecule has 4 nitrogen and oxygen atoms in total. The Balaban J connectivity index is 2.68. The van der Waals surface area contributed by atoms with Crippen LogP contribution in [0.25, 0.3) is 0 Å². The molecule has 0 spiro atoms. The van der Waals surface area contributed by atoms with Crippen LogP contribution in [0.5, 0.6) is 0 Å². The first-order chi connectivity index (χ1) is 6.86. The minimum Gasteiger partial charge on any atom is -0.330 e. The van der Waals surface area contributed by atoms with Crippen LogP contribution >= 0.6 is 0 Å². The summed E-state index contributed by atoms with van der Waals surface area (Å²) in [5.74, 6) is 0.660. The Morgan fingerprint density at radius 2 is 2.07 bits per heavy atom. The lowest BCUT2D eigenvalue weighted by atomic mass is 10.1. The van der Waals surface area contributed by atoms with E-state index in [9.17, 15) is 4.79 Å². The van der Waals surface area contributed by atoms with Gasteiger partial charge in [-0.2, -0.15) is 0 Å². The van der Waals surface area contributed by atoms with Crippen LogP contribution in [-0.2, 0) is 4.79 Å². The van der Waals surface area contributed by atoms with E-state index in [-0.39, 0.29) is 11.4 Å². The summed E-state index contributed by atoms with van der Waals surface area (Å²) in [6, 6.07) is 0. The maximum Gasteiger partial charge on any atom is 0.238 e. The van der Waals surface area contributed by atoms with Crippen LogP contribution < -0.4 is 5.73 Å². The number of hydrazine groups is 1. The monoisotopic (exact) mass is 213 g/mol. The highest BCUT2D eigenvalue weighted by Crippen LogP contribution is 2.23. The average molecular weight is 213 g/mol. The Morgan fingerprint density at radius 3 is 2.53 bits per heavy atom. The molecule has 0 aromatic heterocycles. The van der Waals surface area contributed by atoms with Gasteiger partial charge in [0, 0.05) is 19.5 Å². The third kappa shape index (κ3) is 2.92. The van der Waals surface area contributed by atoms with Gasteiger partial charge in [0.2, 0.25) is 5.91 Å². The summed E-state index contributed by atoms with van der Waals surface area (Å²) in [6.45, 7) is 10.7. The molecule has 0 bridgehead atoms. The number of nitrogens with zero attached hydrogens (tertiary/aromatic N) is 2. The van der Waals surface area contributed by atoms with Gasteiger partial charge in [0.15, 0.2) is 0 Å². The number of amides is 1.